The van der Waals surface area contributed by atoms with Gasteiger partial charge < -0.3 is 15.3 Å². The zero-order valence-corrected chi connectivity index (χ0v) is 24.1. The largest absolute Gasteiger partial charge is 0.503 e. The number of hydrogen-bond acceptors (Lipinski definition) is 3. The van der Waals surface area contributed by atoms with Crippen molar-refractivity contribution in [3.8, 4) is 0 Å². The second kappa shape index (κ2) is 13.8. The molecule has 1 amide bonds. The minimum Gasteiger partial charge on any atom is -0.465 e. The van der Waals surface area contributed by atoms with Gasteiger partial charge in [0.2, 0.25) is 0 Å². The third-order valence-corrected chi connectivity index (χ3v) is 7.20. The van der Waals surface area contributed by atoms with Crippen LogP contribution in [0.5, 0.6) is 0 Å². The molecule has 3 aromatic rings. The molecule has 218 valence electrons. The average Bonchev–Trinajstić information content (AvgIpc) is 2.83. The van der Waals surface area contributed by atoms with Gasteiger partial charge in [0, 0.05) is 35.2 Å². The molecule has 1 saturated heterocycles. The van der Waals surface area contributed by atoms with E-state index in [-0.39, 0.29) is 12.1 Å². The first-order valence-electron chi connectivity index (χ1n) is 12.6. The van der Waals surface area contributed by atoms with Crippen LogP contribution in [0.3, 0.4) is 0 Å². The van der Waals surface area contributed by atoms with Crippen LogP contribution < -0.4 is 0 Å². The summed E-state index contributed by atoms with van der Waals surface area (Å²) in [5.41, 5.74) is 3.97. The molecule has 1 atom stereocenters. The molecule has 7 nitrogen and oxygen atoms in total. The van der Waals surface area contributed by atoms with Crippen molar-refractivity contribution in [2.75, 3.05) is 13.1 Å². The number of hydrogen-bond donors (Lipinski definition) is 3. The Kier molecular flexibility index (Phi) is 10.7. The van der Waals surface area contributed by atoms with Crippen molar-refractivity contribution in [3.63, 3.8) is 0 Å². The van der Waals surface area contributed by atoms with Gasteiger partial charge >= 0.3 is 12.2 Å². The van der Waals surface area contributed by atoms with E-state index in [1.54, 1.807) is 20.8 Å². The highest BCUT2D eigenvalue weighted by Gasteiger charge is 2.36. The molecule has 0 aromatic heterocycles. The van der Waals surface area contributed by atoms with E-state index in [0.29, 0.717) is 34.3 Å². The van der Waals surface area contributed by atoms with E-state index in [4.69, 9.17) is 38.2 Å². The molecule has 4 rings (SSSR count). The number of nitrogens with zero attached hydrogens (tertiary/aromatic N) is 2. The molecule has 1 heterocycles. The quantitative estimate of drug-likeness (QED) is 0.251. The predicted molar refractivity (Wildman–Crippen MR) is 155 cm³/mol. The van der Waals surface area contributed by atoms with Gasteiger partial charge in [0.1, 0.15) is 11.6 Å². The fraction of sp³-hybridized carbons (Fsp3) is 0.267. The number of carbonyl (C=O) groups is 2. The Bertz CT molecular complexity index is 1340. The highest BCUT2D eigenvalue weighted by molar-refractivity contribution is 6.30. The van der Waals surface area contributed by atoms with Gasteiger partial charge in [0.25, 0.3) is 0 Å². The fourth-order valence-corrected chi connectivity index (χ4v) is 5.38. The SMILES string of the molecule is CC(C)N(C(=O)O)C(C)C(=C1CN(C(c2ccc(Cl)cc2)c2ccc(Cl)cc2)C1)c1cc(F)cc(F)c1.O=C(O)O. The van der Waals surface area contributed by atoms with Crippen LogP contribution in [-0.4, -0.2) is 62.5 Å². The van der Waals surface area contributed by atoms with E-state index in [2.05, 4.69) is 4.90 Å². The van der Waals surface area contributed by atoms with E-state index in [1.807, 2.05) is 48.5 Å². The lowest BCUT2D eigenvalue weighted by molar-refractivity contribution is 0.122. The lowest BCUT2D eigenvalue weighted by Crippen LogP contribution is -2.48. The first-order chi connectivity index (χ1) is 19.3. The Morgan fingerprint density at radius 1 is 0.805 bits per heavy atom. The molecule has 3 aromatic carbocycles. The number of benzene rings is 3. The lowest BCUT2D eigenvalue weighted by Gasteiger charge is -2.44. The van der Waals surface area contributed by atoms with Gasteiger partial charge in [-0.05, 0) is 85.0 Å². The van der Waals surface area contributed by atoms with Gasteiger partial charge in [-0.2, -0.15) is 0 Å². The van der Waals surface area contributed by atoms with Crippen LogP contribution in [0.4, 0.5) is 18.4 Å². The Morgan fingerprint density at radius 3 is 1.59 bits per heavy atom. The number of carboxylic acid groups (broad SMARTS) is 3. The van der Waals surface area contributed by atoms with Crippen LogP contribution in [0, 0.1) is 11.6 Å². The normalized spacial score (nSPS) is 13.7. The molecule has 0 radical (unpaired) electrons. The number of likely N-dealkylation sites (tertiary alicyclic amines) is 1. The summed E-state index contributed by atoms with van der Waals surface area (Å²) in [6, 6.07) is 17.5. The first kappa shape index (κ1) is 31.9. The topological polar surface area (TPSA) is 101 Å². The summed E-state index contributed by atoms with van der Waals surface area (Å²) >= 11 is 12.3. The van der Waals surface area contributed by atoms with Gasteiger partial charge in [-0.3, -0.25) is 9.80 Å². The average molecular weight is 607 g/mol. The molecule has 3 N–H and O–H groups in total. The monoisotopic (exact) mass is 606 g/mol. The van der Waals surface area contributed by atoms with E-state index >= 15 is 0 Å². The highest BCUT2D eigenvalue weighted by Crippen LogP contribution is 2.39. The molecule has 0 spiro atoms. The molecule has 0 aliphatic carbocycles. The zero-order valence-electron chi connectivity index (χ0n) is 22.6. The third kappa shape index (κ3) is 8.19. The van der Waals surface area contributed by atoms with Crippen molar-refractivity contribution < 1.29 is 33.7 Å². The third-order valence-electron chi connectivity index (χ3n) is 6.69. The second-order valence-corrected chi connectivity index (χ2v) is 10.7. The van der Waals surface area contributed by atoms with Crippen molar-refractivity contribution in [2.24, 2.45) is 0 Å². The van der Waals surface area contributed by atoms with Gasteiger partial charge in [-0.25, -0.2) is 18.4 Å². The van der Waals surface area contributed by atoms with E-state index in [9.17, 15) is 18.7 Å². The van der Waals surface area contributed by atoms with E-state index in [1.165, 1.54) is 17.0 Å². The minimum atomic E-state index is -1.83. The summed E-state index contributed by atoms with van der Waals surface area (Å²) in [7, 11) is 0. The van der Waals surface area contributed by atoms with Crippen molar-refractivity contribution in [1.29, 1.82) is 0 Å². The minimum absolute atomic E-state index is 0.111. The molecule has 1 fully saturated rings. The Morgan fingerprint density at radius 2 is 1.22 bits per heavy atom. The maximum Gasteiger partial charge on any atom is 0.503 e. The van der Waals surface area contributed by atoms with Crippen LogP contribution in [0.1, 0.15) is 43.5 Å². The van der Waals surface area contributed by atoms with Gasteiger partial charge in [0.15, 0.2) is 0 Å². The predicted octanol–water partition coefficient (Wildman–Crippen LogP) is 8.13. The maximum absolute atomic E-state index is 14.2. The summed E-state index contributed by atoms with van der Waals surface area (Å²) in [6.07, 6.45) is -2.92. The van der Waals surface area contributed by atoms with E-state index in [0.717, 1.165) is 22.8 Å². The molecule has 1 aliphatic heterocycles. The second-order valence-electron chi connectivity index (χ2n) is 9.83. The Hall–Kier alpha value is -3.66. The van der Waals surface area contributed by atoms with Gasteiger partial charge in [-0.1, -0.05) is 47.5 Å². The molecular weight excluding hydrogens is 577 g/mol. The summed E-state index contributed by atoms with van der Waals surface area (Å²) in [5, 5.41) is 25.1. The first-order valence-corrected chi connectivity index (χ1v) is 13.4. The van der Waals surface area contributed by atoms with Crippen molar-refractivity contribution in [3.05, 3.63) is 111 Å². The number of amides is 1. The lowest BCUT2D eigenvalue weighted by atomic mass is 9.86. The van der Waals surface area contributed by atoms with Crippen molar-refractivity contribution in [1.82, 2.24) is 9.80 Å². The van der Waals surface area contributed by atoms with Crippen molar-refractivity contribution in [2.45, 2.75) is 38.9 Å². The van der Waals surface area contributed by atoms with Crippen LogP contribution in [0.15, 0.2) is 72.3 Å². The molecule has 11 heteroatoms. The summed E-state index contributed by atoms with van der Waals surface area (Å²) < 4.78 is 28.5. The molecule has 1 unspecified atom stereocenters. The Labute approximate surface area is 246 Å². The van der Waals surface area contributed by atoms with Gasteiger partial charge in [0.05, 0.1) is 12.1 Å². The zero-order chi connectivity index (χ0) is 30.4. The summed E-state index contributed by atoms with van der Waals surface area (Å²) in [5.74, 6) is -1.41. The van der Waals surface area contributed by atoms with Crippen LogP contribution >= 0.6 is 23.2 Å². The van der Waals surface area contributed by atoms with Gasteiger partial charge in [-0.15, -0.1) is 0 Å². The summed E-state index contributed by atoms with van der Waals surface area (Å²) in [6.45, 7) is 6.32. The molecule has 41 heavy (non-hydrogen) atoms. The Balaban J connectivity index is 0.00000108. The molecule has 1 aliphatic rings. The fourth-order valence-electron chi connectivity index (χ4n) is 5.12. The number of rotatable bonds is 7. The smallest absolute Gasteiger partial charge is 0.465 e. The summed E-state index contributed by atoms with van der Waals surface area (Å²) in [4.78, 5) is 24.2. The molecule has 0 saturated carbocycles. The maximum atomic E-state index is 14.2. The van der Waals surface area contributed by atoms with Crippen LogP contribution in [0.25, 0.3) is 5.57 Å². The standard InChI is InChI=1S/C29H28Cl2F2N2O2.CH2O3/c1-17(2)35(29(36)37)18(3)27(21-12-25(32)14-26(33)13-21)22-15-34(16-22)28(19-4-8-23(30)9-5-19)20-6-10-24(31)11-7-20;2-1(3)4/h4-14,17-18,28H,15-16H2,1-3H3,(H,36,37);(H2,2,3,4). The van der Waals surface area contributed by atoms with E-state index < -0.39 is 29.9 Å². The highest BCUT2D eigenvalue weighted by atomic mass is 35.5. The number of halogens is 4. The van der Waals surface area contributed by atoms with Crippen LogP contribution in [0.2, 0.25) is 10.0 Å². The van der Waals surface area contributed by atoms with Crippen LogP contribution in [-0.2, 0) is 0 Å². The molecule has 0 bridgehead atoms. The molecular formula is C30H30Cl2F2N2O5. The van der Waals surface area contributed by atoms with Crippen molar-refractivity contribution >= 4 is 41.0 Å².